The molecule has 2 nitrogen and oxygen atoms in total. The van der Waals surface area contributed by atoms with E-state index in [0.29, 0.717) is 30.1 Å². The Morgan fingerprint density at radius 2 is 2.29 bits per heavy atom. The lowest BCUT2D eigenvalue weighted by molar-refractivity contribution is 0.0370. The van der Waals surface area contributed by atoms with Crippen molar-refractivity contribution in [3.8, 4) is 5.75 Å². The smallest absolute Gasteiger partial charge is 0.125 e. The summed E-state index contributed by atoms with van der Waals surface area (Å²) in [6, 6.07) is 4.34. The summed E-state index contributed by atoms with van der Waals surface area (Å²) in [5.41, 5.74) is -0.329. The van der Waals surface area contributed by atoms with Crippen molar-refractivity contribution in [2.75, 3.05) is 7.11 Å². The zero-order valence-corrected chi connectivity index (χ0v) is 10.4. The van der Waals surface area contributed by atoms with Gasteiger partial charge in [0.15, 0.2) is 0 Å². The first kappa shape index (κ1) is 12.4. The van der Waals surface area contributed by atoms with Crippen LogP contribution in [0.3, 0.4) is 0 Å². The highest BCUT2D eigenvalue weighted by Crippen LogP contribution is 2.46. The van der Waals surface area contributed by atoms with Crippen molar-refractivity contribution >= 4 is 0 Å². The molecule has 0 aliphatic heterocycles. The Hall–Kier alpha value is -1.09. The standard InChI is InChI=1S/C14H19FO2/c1-3-10-6-7-14(16,9-10)12-8-11(15)4-5-13(12)17-2/h4-5,8,10,16H,3,6-7,9H2,1-2H3. The topological polar surface area (TPSA) is 29.5 Å². The predicted molar refractivity (Wildman–Crippen MR) is 64.5 cm³/mol. The molecule has 1 aliphatic rings. The lowest BCUT2D eigenvalue weighted by Gasteiger charge is -2.25. The summed E-state index contributed by atoms with van der Waals surface area (Å²) in [5, 5.41) is 10.7. The number of rotatable bonds is 3. The van der Waals surface area contributed by atoms with E-state index in [4.69, 9.17) is 4.74 Å². The van der Waals surface area contributed by atoms with Crippen molar-refractivity contribution in [3.63, 3.8) is 0 Å². The average Bonchev–Trinajstić information content (AvgIpc) is 2.72. The Labute approximate surface area is 101 Å². The van der Waals surface area contributed by atoms with Crippen LogP contribution in [0.1, 0.15) is 38.2 Å². The Morgan fingerprint density at radius 3 is 2.88 bits per heavy atom. The maximum absolute atomic E-state index is 13.3. The second-order valence-corrected chi connectivity index (χ2v) is 4.89. The SMILES string of the molecule is CCC1CCC(O)(c2cc(F)ccc2OC)C1. The molecule has 0 amide bonds. The first-order valence-electron chi connectivity index (χ1n) is 6.15. The van der Waals surface area contributed by atoms with E-state index in [0.717, 1.165) is 12.8 Å². The van der Waals surface area contributed by atoms with Gasteiger partial charge in [0, 0.05) is 5.56 Å². The minimum Gasteiger partial charge on any atom is -0.496 e. The Bertz CT molecular complexity index is 405. The molecule has 2 atom stereocenters. The summed E-state index contributed by atoms with van der Waals surface area (Å²) >= 11 is 0. The molecule has 0 spiro atoms. The second-order valence-electron chi connectivity index (χ2n) is 4.89. The summed E-state index contributed by atoms with van der Waals surface area (Å²) in [5.74, 6) is 0.771. The Morgan fingerprint density at radius 1 is 1.53 bits per heavy atom. The third-order valence-corrected chi connectivity index (χ3v) is 3.83. The largest absolute Gasteiger partial charge is 0.496 e. The van der Waals surface area contributed by atoms with Gasteiger partial charge in [0.05, 0.1) is 12.7 Å². The van der Waals surface area contributed by atoms with Crippen LogP contribution >= 0.6 is 0 Å². The zero-order chi connectivity index (χ0) is 12.5. The van der Waals surface area contributed by atoms with E-state index >= 15 is 0 Å². The van der Waals surface area contributed by atoms with Gasteiger partial charge in [-0.2, -0.15) is 0 Å². The molecule has 0 bridgehead atoms. The van der Waals surface area contributed by atoms with Gasteiger partial charge in [0.25, 0.3) is 0 Å². The molecule has 17 heavy (non-hydrogen) atoms. The van der Waals surface area contributed by atoms with Crippen LogP contribution in [0, 0.1) is 11.7 Å². The zero-order valence-electron chi connectivity index (χ0n) is 10.4. The molecule has 1 aromatic rings. The molecule has 94 valence electrons. The Balaban J connectivity index is 2.36. The summed E-state index contributed by atoms with van der Waals surface area (Å²) in [7, 11) is 1.55. The molecular weight excluding hydrogens is 219 g/mol. The summed E-state index contributed by atoms with van der Waals surface area (Å²) in [4.78, 5) is 0. The molecule has 1 fully saturated rings. The van der Waals surface area contributed by atoms with Crippen molar-refractivity contribution in [2.45, 2.75) is 38.2 Å². The van der Waals surface area contributed by atoms with Crippen LogP contribution in [0.4, 0.5) is 4.39 Å². The summed E-state index contributed by atoms with van der Waals surface area (Å²) < 4.78 is 18.5. The van der Waals surface area contributed by atoms with Crippen LogP contribution in [0.5, 0.6) is 5.75 Å². The van der Waals surface area contributed by atoms with Crippen LogP contribution in [-0.2, 0) is 5.60 Å². The van der Waals surface area contributed by atoms with Gasteiger partial charge in [-0.3, -0.25) is 0 Å². The number of ether oxygens (including phenoxy) is 1. The van der Waals surface area contributed by atoms with Crippen molar-refractivity contribution in [3.05, 3.63) is 29.6 Å². The normalized spacial score (nSPS) is 28.4. The second kappa shape index (κ2) is 4.65. The molecule has 2 unspecified atom stereocenters. The van der Waals surface area contributed by atoms with Gasteiger partial charge in [0.1, 0.15) is 11.6 Å². The number of methoxy groups -OCH3 is 1. The molecule has 0 saturated heterocycles. The highest BCUT2D eigenvalue weighted by atomic mass is 19.1. The van der Waals surface area contributed by atoms with Crippen molar-refractivity contribution in [1.82, 2.24) is 0 Å². The first-order chi connectivity index (χ1) is 8.09. The maximum atomic E-state index is 13.3. The van der Waals surface area contributed by atoms with Gasteiger partial charge in [0.2, 0.25) is 0 Å². The molecule has 0 radical (unpaired) electrons. The van der Waals surface area contributed by atoms with E-state index in [1.807, 2.05) is 0 Å². The summed E-state index contributed by atoms with van der Waals surface area (Å²) in [6.45, 7) is 2.12. The molecular formula is C14H19FO2. The third kappa shape index (κ3) is 2.29. The summed E-state index contributed by atoms with van der Waals surface area (Å²) in [6.07, 6.45) is 3.43. The van der Waals surface area contributed by atoms with Crippen molar-refractivity contribution in [1.29, 1.82) is 0 Å². The fraction of sp³-hybridized carbons (Fsp3) is 0.571. The van der Waals surface area contributed by atoms with E-state index in [1.165, 1.54) is 12.1 Å². The number of hydrogen-bond donors (Lipinski definition) is 1. The van der Waals surface area contributed by atoms with Gasteiger partial charge in [-0.25, -0.2) is 4.39 Å². The third-order valence-electron chi connectivity index (χ3n) is 3.83. The molecule has 1 saturated carbocycles. The van der Waals surface area contributed by atoms with E-state index in [-0.39, 0.29) is 5.82 Å². The predicted octanol–water partition coefficient (Wildman–Crippen LogP) is 3.23. The monoisotopic (exact) mass is 238 g/mol. The average molecular weight is 238 g/mol. The van der Waals surface area contributed by atoms with Crippen molar-refractivity contribution in [2.24, 2.45) is 5.92 Å². The van der Waals surface area contributed by atoms with Gasteiger partial charge in [-0.05, 0) is 43.4 Å². The first-order valence-corrected chi connectivity index (χ1v) is 6.15. The molecule has 2 rings (SSSR count). The van der Waals surface area contributed by atoms with Crippen LogP contribution in [0.2, 0.25) is 0 Å². The van der Waals surface area contributed by atoms with Crippen LogP contribution < -0.4 is 4.74 Å². The fourth-order valence-corrected chi connectivity index (χ4v) is 2.76. The van der Waals surface area contributed by atoms with Gasteiger partial charge in [-0.1, -0.05) is 13.3 Å². The minimum absolute atomic E-state index is 0.325. The molecule has 3 heteroatoms. The highest BCUT2D eigenvalue weighted by Gasteiger charge is 2.40. The van der Waals surface area contributed by atoms with Crippen molar-refractivity contribution < 1.29 is 14.2 Å². The highest BCUT2D eigenvalue weighted by molar-refractivity contribution is 5.39. The number of hydrogen-bond acceptors (Lipinski definition) is 2. The van der Waals surface area contributed by atoms with Crippen LogP contribution in [-0.4, -0.2) is 12.2 Å². The quantitative estimate of drug-likeness (QED) is 0.876. The van der Waals surface area contributed by atoms with E-state index < -0.39 is 5.60 Å². The van der Waals surface area contributed by atoms with E-state index in [1.54, 1.807) is 13.2 Å². The van der Waals surface area contributed by atoms with E-state index in [9.17, 15) is 9.50 Å². The minimum atomic E-state index is -0.922. The van der Waals surface area contributed by atoms with Crippen LogP contribution in [0.25, 0.3) is 0 Å². The van der Waals surface area contributed by atoms with E-state index in [2.05, 4.69) is 6.92 Å². The Kier molecular flexibility index (Phi) is 3.38. The fourth-order valence-electron chi connectivity index (χ4n) is 2.76. The number of benzene rings is 1. The lowest BCUT2D eigenvalue weighted by Crippen LogP contribution is -2.23. The molecule has 0 heterocycles. The lowest BCUT2D eigenvalue weighted by atomic mass is 9.90. The molecule has 0 aromatic heterocycles. The number of halogens is 1. The maximum Gasteiger partial charge on any atom is 0.125 e. The molecule has 1 N–H and O–H groups in total. The van der Waals surface area contributed by atoms with Gasteiger partial charge >= 0.3 is 0 Å². The molecule has 1 aromatic carbocycles. The number of aliphatic hydroxyl groups is 1. The van der Waals surface area contributed by atoms with Crippen LogP contribution in [0.15, 0.2) is 18.2 Å². The molecule has 1 aliphatic carbocycles. The van der Waals surface area contributed by atoms with Gasteiger partial charge in [-0.15, -0.1) is 0 Å². The van der Waals surface area contributed by atoms with Gasteiger partial charge < -0.3 is 9.84 Å².